The highest BCUT2D eigenvalue weighted by molar-refractivity contribution is 6.02. The second-order valence-corrected chi connectivity index (χ2v) is 2.98. The third-order valence-corrected chi connectivity index (χ3v) is 2.24. The van der Waals surface area contributed by atoms with E-state index < -0.39 is 0 Å². The predicted molar refractivity (Wildman–Crippen MR) is 49.7 cm³/mol. The number of benzene rings is 1. The molecule has 1 aliphatic heterocycles. The third kappa shape index (κ3) is 1.31. The van der Waals surface area contributed by atoms with E-state index in [4.69, 9.17) is 4.84 Å². The van der Waals surface area contributed by atoms with E-state index in [1.807, 2.05) is 24.3 Å². The van der Waals surface area contributed by atoms with Gasteiger partial charge in [0, 0.05) is 12.0 Å². The minimum absolute atomic E-state index is 0.198. The van der Waals surface area contributed by atoms with Gasteiger partial charge in [-0.05, 0) is 12.1 Å². The zero-order chi connectivity index (χ0) is 9.26. The summed E-state index contributed by atoms with van der Waals surface area (Å²) in [5, 5.41) is 1.75. The lowest BCUT2D eigenvalue weighted by atomic mass is 10.0. The van der Waals surface area contributed by atoms with Crippen molar-refractivity contribution in [3.63, 3.8) is 0 Å². The van der Waals surface area contributed by atoms with Gasteiger partial charge in [0.15, 0.2) is 5.78 Å². The molecule has 0 bridgehead atoms. The first kappa shape index (κ1) is 8.26. The second kappa shape index (κ2) is 3.18. The van der Waals surface area contributed by atoms with E-state index >= 15 is 0 Å². The van der Waals surface area contributed by atoms with Crippen molar-refractivity contribution in [2.24, 2.45) is 0 Å². The summed E-state index contributed by atoms with van der Waals surface area (Å²) in [5.41, 5.74) is 1.64. The summed E-state index contributed by atoms with van der Waals surface area (Å²) in [5.74, 6) is 0.198. The topological polar surface area (TPSA) is 29.5 Å². The van der Waals surface area contributed by atoms with E-state index in [-0.39, 0.29) is 5.78 Å². The molecule has 0 N–H and O–H groups in total. The van der Waals surface area contributed by atoms with E-state index in [9.17, 15) is 4.79 Å². The molecule has 13 heavy (non-hydrogen) atoms. The van der Waals surface area contributed by atoms with E-state index in [1.165, 1.54) is 0 Å². The molecular weight excluding hydrogens is 166 g/mol. The number of hydroxylamine groups is 1. The summed E-state index contributed by atoms with van der Waals surface area (Å²) >= 11 is 0. The zero-order valence-electron chi connectivity index (χ0n) is 7.49. The van der Waals surface area contributed by atoms with Gasteiger partial charge in [-0.1, -0.05) is 12.1 Å². The lowest BCUT2D eigenvalue weighted by Crippen LogP contribution is -2.30. The van der Waals surface area contributed by atoms with E-state index in [0.717, 1.165) is 11.3 Å². The summed E-state index contributed by atoms with van der Waals surface area (Å²) in [7, 11) is 1.62. The minimum Gasteiger partial charge on any atom is -0.294 e. The van der Waals surface area contributed by atoms with Crippen molar-refractivity contribution >= 4 is 11.5 Å². The molecule has 0 aromatic heterocycles. The van der Waals surface area contributed by atoms with Crippen molar-refractivity contribution in [1.82, 2.24) is 0 Å². The normalized spacial score (nSPS) is 15.8. The van der Waals surface area contributed by atoms with Crippen molar-refractivity contribution in [2.75, 3.05) is 18.7 Å². The SMILES string of the molecule is CON1CCC(=O)c2ccccc21. The van der Waals surface area contributed by atoms with Crippen LogP contribution in [0.25, 0.3) is 0 Å². The number of ketones is 1. The predicted octanol–water partition coefficient (Wildman–Crippen LogP) is 1.64. The highest BCUT2D eigenvalue weighted by Gasteiger charge is 2.21. The van der Waals surface area contributed by atoms with Gasteiger partial charge in [-0.15, -0.1) is 0 Å². The van der Waals surface area contributed by atoms with Crippen molar-refractivity contribution in [3.05, 3.63) is 29.8 Å². The average Bonchev–Trinajstić information content (AvgIpc) is 2.19. The van der Waals surface area contributed by atoms with Gasteiger partial charge in [-0.3, -0.25) is 14.7 Å². The molecule has 0 saturated heterocycles. The average molecular weight is 177 g/mol. The Hall–Kier alpha value is -1.35. The number of fused-ring (bicyclic) bond motifs is 1. The first-order valence-electron chi connectivity index (χ1n) is 4.27. The highest BCUT2D eigenvalue weighted by atomic mass is 16.7. The van der Waals surface area contributed by atoms with Gasteiger partial charge in [0.1, 0.15) is 0 Å². The number of anilines is 1. The van der Waals surface area contributed by atoms with E-state index in [2.05, 4.69) is 0 Å². The fourth-order valence-corrected chi connectivity index (χ4v) is 1.57. The van der Waals surface area contributed by atoms with E-state index in [0.29, 0.717) is 13.0 Å². The molecule has 0 atom stereocenters. The molecule has 1 aliphatic rings. The van der Waals surface area contributed by atoms with Crippen LogP contribution in [-0.4, -0.2) is 19.4 Å². The van der Waals surface area contributed by atoms with Gasteiger partial charge in [-0.2, -0.15) is 0 Å². The molecule has 0 amide bonds. The van der Waals surface area contributed by atoms with Crippen molar-refractivity contribution in [3.8, 4) is 0 Å². The van der Waals surface area contributed by atoms with Crippen LogP contribution in [0.2, 0.25) is 0 Å². The smallest absolute Gasteiger partial charge is 0.166 e. The third-order valence-electron chi connectivity index (χ3n) is 2.24. The lowest BCUT2D eigenvalue weighted by Gasteiger charge is -2.27. The molecule has 0 aliphatic carbocycles. The Morgan fingerprint density at radius 1 is 1.38 bits per heavy atom. The maximum atomic E-state index is 11.5. The van der Waals surface area contributed by atoms with Crippen LogP contribution in [0.1, 0.15) is 16.8 Å². The molecule has 3 heteroatoms. The summed E-state index contributed by atoms with van der Waals surface area (Å²) in [4.78, 5) is 16.6. The summed E-state index contributed by atoms with van der Waals surface area (Å²) < 4.78 is 0. The molecule has 0 spiro atoms. The van der Waals surface area contributed by atoms with Crippen LogP contribution in [0.3, 0.4) is 0 Å². The lowest BCUT2D eigenvalue weighted by molar-refractivity contribution is 0.0938. The Morgan fingerprint density at radius 2 is 2.15 bits per heavy atom. The van der Waals surface area contributed by atoms with Crippen LogP contribution in [0.5, 0.6) is 0 Å². The summed E-state index contributed by atoms with van der Waals surface area (Å²) in [6.07, 6.45) is 0.533. The monoisotopic (exact) mass is 177 g/mol. The van der Waals surface area contributed by atoms with Gasteiger partial charge in [0.25, 0.3) is 0 Å². The van der Waals surface area contributed by atoms with Crippen LogP contribution in [0.4, 0.5) is 5.69 Å². The van der Waals surface area contributed by atoms with Gasteiger partial charge >= 0.3 is 0 Å². The number of rotatable bonds is 1. The molecule has 1 aromatic carbocycles. The molecule has 1 aromatic rings. The number of hydrogen-bond donors (Lipinski definition) is 0. The number of para-hydroxylation sites is 1. The number of nitrogens with zero attached hydrogens (tertiary/aromatic N) is 1. The van der Waals surface area contributed by atoms with E-state index in [1.54, 1.807) is 12.2 Å². The van der Waals surface area contributed by atoms with Crippen LogP contribution < -0.4 is 5.06 Å². The Balaban J connectivity index is 2.47. The van der Waals surface area contributed by atoms with Crippen LogP contribution in [-0.2, 0) is 4.84 Å². The molecule has 68 valence electrons. The molecule has 3 nitrogen and oxygen atoms in total. The minimum atomic E-state index is 0.198. The van der Waals surface area contributed by atoms with Gasteiger partial charge < -0.3 is 0 Å². The Bertz CT molecular complexity index is 335. The summed E-state index contributed by atoms with van der Waals surface area (Å²) in [6, 6.07) is 7.51. The molecule has 2 rings (SSSR count). The fourth-order valence-electron chi connectivity index (χ4n) is 1.57. The van der Waals surface area contributed by atoms with Crippen LogP contribution in [0.15, 0.2) is 24.3 Å². The van der Waals surface area contributed by atoms with Crippen LogP contribution in [0, 0.1) is 0 Å². The number of carbonyl (C=O) groups is 1. The standard InChI is InChI=1S/C10H11NO2/c1-13-11-7-6-10(12)8-4-2-3-5-9(8)11/h2-5H,6-7H2,1H3. The number of Topliss-reactive ketones (excluding diaryl/α,β-unsaturated/α-hetero) is 1. The Kier molecular flexibility index (Phi) is 2.02. The molecule has 0 saturated carbocycles. The molecular formula is C10H11NO2. The Morgan fingerprint density at radius 3 is 2.92 bits per heavy atom. The molecule has 0 unspecified atom stereocenters. The maximum absolute atomic E-state index is 11.5. The maximum Gasteiger partial charge on any atom is 0.166 e. The van der Waals surface area contributed by atoms with Crippen LogP contribution >= 0.6 is 0 Å². The van der Waals surface area contributed by atoms with Gasteiger partial charge in [0.05, 0.1) is 19.3 Å². The van der Waals surface area contributed by atoms with Crippen molar-refractivity contribution in [2.45, 2.75) is 6.42 Å². The Labute approximate surface area is 76.9 Å². The largest absolute Gasteiger partial charge is 0.294 e. The van der Waals surface area contributed by atoms with Crippen molar-refractivity contribution < 1.29 is 9.63 Å². The summed E-state index contributed by atoms with van der Waals surface area (Å²) in [6.45, 7) is 0.645. The fraction of sp³-hybridized carbons (Fsp3) is 0.300. The second-order valence-electron chi connectivity index (χ2n) is 2.98. The van der Waals surface area contributed by atoms with Gasteiger partial charge in [0.2, 0.25) is 0 Å². The molecule has 1 heterocycles. The molecule has 0 fully saturated rings. The number of carbonyl (C=O) groups excluding carboxylic acids is 1. The first-order valence-corrected chi connectivity index (χ1v) is 4.27. The highest BCUT2D eigenvalue weighted by Crippen LogP contribution is 2.26. The zero-order valence-corrected chi connectivity index (χ0v) is 7.49. The first-order chi connectivity index (χ1) is 6.33. The molecule has 0 radical (unpaired) electrons. The van der Waals surface area contributed by atoms with Gasteiger partial charge in [-0.25, -0.2) is 0 Å². The number of hydrogen-bond acceptors (Lipinski definition) is 3. The van der Waals surface area contributed by atoms with Crippen molar-refractivity contribution in [1.29, 1.82) is 0 Å². The quantitative estimate of drug-likeness (QED) is 0.653.